The minimum Gasteiger partial charge on any atom is -0.304 e. The lowest BCUT2D eigenvalue weighted by atomic mass is 10.1. The van der Waals surface area contributed by atoms with E-state index in [1.165, 1.54) is 16.0 Å². The van der Waals surface area contributed by atoms with Crippen molar-refractivity contribution in [3.8, 4) is 10.7 Å². The van der Waals surface area contributed by atoms with E-state index in [0.29, 0.717) is 0 Å². The third kappa shape index (κ3) is 2.22. The van der Waals surface area contributed by atoms with Gasteiger partial charge < -0.3 is 4.57 Å². The van der Waals surface area contributed by atoms with E-state index in [1.807, 2.05) is 18.3 Å². The van der Waals surface area contributed by atoms with E-state index in [9.17, 15) is 0 Å². The molecule has 0 fully saturated rings. The number of rotatable bonds is 3. The van der Waals surface area contributed by atoms with Crippen LogP contribution in [-0.4, -0.2) is 14.5 Å². The summed E-state index contributed by atoms with van der Waals surface area (Å²) in [7, 11) is 0. The van der Waals surface area contributed by atoms with Crippen molar-refractivity contribution in [2.24, 2.45) is 0 Å². The van der Waals surface area contributed by atoms with Gasteiger partial charge in [-0.1, -0.05) is 30.3 Å². The highest BCUT2D eigenvalue weighted by Crippen LogP contribution is 2.28. The maximum Gasteiger partial charge on any atom is 0.160 e. The van der Waals surface area contributed by atoms with Crippen LogP contribution in [0.2, 0.25) is 0 Å². The monoisotopic (exact) mass is 305 g/mol. The van der Waals surface area contributed by atoms with Gasteiger partial charge in [0.05, 0.1) is 11.4 Å². The number of imidazole rings is 1. The molecule has 0 aliphatic heterocycles. The van der Waals surface area contributed by atoms with E-state index in [1.54, 1.807) is 11.3 Å². The van der Waals surface area contributed by atoms with Gasteiger partial charge in [-0.15, -0.1) is 11.3 Å². The number of thiophene rings is 1. The minimum absolute atomic E-state index is 0.785. The first kappa shape index (κ1) is 13.2. The molecule has 0 amide bonds. The predicted octanol–water partition coefficient (Wildman–Crippen LogP) is 4.52. The van der Waals surface area contributed by atoms with Crippen LogP contribution < -0.4 is 0 Å². The van der Waals surface area contributed by atoms with Crippen LogP contribution in [0.5, 0.6) is 0 Å². The van der Waals surface area contributed by atoms with Gasteiger partial charge in [-0.25, -0.2) is 9.97 Å². The Morgan fingerprint density at radius 1 is 1.05 bits per heavy atom. The van der Waals surface area contributed by atoms with Gasteiger partial charge in [0.15, 0.2) is 11.5 Å². The molecular weight excluding hydrogens is 290 g/mol. The Morgan fingerprint density at radius 2 is 1.95 bits per heavy atom. The molecule has 0 aliphatic rings. The molecule has 108 valence electrons. The summed E-state index contributed by atoms with van der Waals surface area (Å²) < 4.78 is 2.21. The first-order chi connectivity index (χ1) is 10.8. The van der Waals surface area contributed by atoms with Crippen LogP contribution in [0.4, 0.5) is 0 Å². The summed E-state index contributed by atoms with van der Waals surface area (Å²) in [5, 5.41) is 2.08. The van der Waals surface area contributed by atoms with Crippen LogP contribution in [0.15, 0.2) is 60.1 Å². The highest BCUT2D eigenvalue weighted by atomic mass is 32.1. The van der Waals surface area contributed by atoms with E-state index in [2.05, 4.69) is 58.3 Å². The fourth-order valence-electron chi connectivity index (χ4n) is 2.66. The lowest BCUT2D eigenvalue weighted by molar-refractivity contribution is 0.820. The number of pyridine rings is 1. The zero-order valence-electron chi connectivity index (χ0n) is 12.2. The third-order valence-electron chi connectivity index (χ3n) is 3.84. The van der Waals surface area contributed by atoms with Gasteiger partial charge in [0.2, 0.25) is 0 Å². The van der Waals surface area contributed by atoms with Gasteiger partial charge >= 0.3 is 0 Å². The summed E-state index contributed by atoms with van der Waals surface area (Å²) in [5.41, 5.74) is 4.47. The van der Waals surface area contributed by atoms with Crippen molar-refractivity contribution in [2.45, 2.75) is 13.5 Å². The second-order valence-electron chi connectivity index (χ2n) is 5.27. The largest absolute Gasteiger partial charge is 0.304 e. The predicted molar refractivity (Wildman–Crippen MR) is 91.1 cm³/mol. The highest BCUT2D eigenvalue weighted by Gasteiger charge is 2.14. The number of aryl methyl sites for hydroxylation is 1. The van der Waals surface area contributed by atoms with Crippen LogP contribution >= 0.6 is 11.3 Å². The number of hydrogen-bond acceptors (Lipinski definition) is 3. The van der Waals surface area contributed by atoms with Crippen molar-refractivity contribution < 1.29 is 0 Å². The Balaban J connectivity index is 1.91. The Hall–Kier alpha value is -2.46. The van der Waals surface area contributed by atoms with Crippen molar-refractivity contribution in [1.29, 1.82) is 0 Å². The molecule has 3 aromatic heterocycles. The number of hydrogen-bond donors (Lipinski definition) is 0. The van der Waals surface area contributed by atoms with Crippen LogP contribution in [0.1, 0.15) is 11.1 Å². The molecule has 0 spiro atoms. The molecule has 0 saturated carbocycles. The van der Waals surface area contributed by atoms with E-state index < -0.39 is 0 Å². The molecule has 0 saturated heterocycles. The fourth-order valence-corrected chi connectivity index (χ4v) is 3.38. The normalized spacial score (nSPS) is 11.1. The average Bonchev–Trinajstić information content (AvgIpc) is 3.17. The van der Waals surface area contributed by atoms with Crippen LogP contribution in [0, 0.1) is 6.92 Å². The molecule has 0 unspecified atom stereocenters. The van der Waals surface area contributed by atoms with Gasteiger partial charge in [-0.2, -0.15) is 0 Å². The first-order valence-corrected chi connectivity index (χ1v) is 8.10. The Kier molecular flexibility index (Phi) is 3.24. The van der Waals surface area contributed by atoms with Crippen LogP contribution in [0.25, 0.3) is 21.9 Å². The molecular formula is C18H15N3S. The molecule has 0 atom stereocenters. The summed E-state index contributed by atoms with van der Waals surface area (Å²) in [6.45, 7) is 2.93. The maximum absolute atomic E-state index is 4.79. The molecule has 3 nitrogen and oxygen atoms in total. The molecule has 4 heteroatoms. The van der Waals surface area contributed by atoms with Crippen molar-refractivity contribution in [2.75, 3.05) is 0 Å². The zero-order valence-corrected chi connectivity index (χ0v) is 13.0. The summed E-state index contributed by atoms with van der Waals surface area (Å²) in [6.07, 6.45) is 1.83. The van der Waals surface area contributed by atoms with Gasteiger partial charge in [0, 0.05) is 6.20 Å². The molecule has 0 N–H and O–H groups in total. The van der Waals surface area contributed by atoms with Gasteiger partial charge in [-0.05, 0) is 41.6 Å². The van der Waals surface area contributed by atoms with Gasteiger partial charge in [0.25, 0.3) is 0 Å². The molecule has 3 heterocycles. The molecule has 0 radical (unpaired) electrons. The second-order valence-corrected chi connectivity index (χ2v) is 6.22. The second kappa shape index (κ2) is 5.39. The Labute approximate surface area is 132 Å². The summed E-state index contributed by atoms with van der Waals surface area (Å²) >= 11 is 1.71. The highest BCUT2D eigenvalue weighted by molar-refractivity contribution is 7.13. The third-order valence-corrected chi connectivity index (χ3v) is 4.70. The fraction of sp³-hybridized carbons (Fsp3) is 0.111. The standard InChI is InChI=1S/C18H15N3S/c1-13-6-2-3-7-14(13)12-21-17-15(8-4-10-19-17)20-18(21)16-9-5-11-22-16/h2-11H,12H2,1H3. The number of nitrogens with zero attached hydrogens (tertiary/aromatic N) is 3. The summed E-state index contributed by atoms with van der Waals surface area (Å²) in [5.74, 6) is 0.993. The topological polar surface area (TPSA) is 30.7 Å². The van der Waals surface area contributed by atoms with Gasteiger partial charge in [-0.3, -0.25) is 0 Å². The first-order valence-electron chi connectivity index (χ1n) is 7.22. The van der Waals surface area contributed by atoms with E-state index in [4.69, 9.17) is 4.98 Å². The number of benzene rings is 1. The van der Waals surface area contributed by atoms with Crippen LogP contribution in [0.3, 0.4) is 0 Å². The minimum atomic E-state index is 0.785. The molecule has 4 rings (SSSR count). The molecule has 0 aliphatic carbocycles. The quantitative estimate of drug-likeness (QED) is 0.557. The molecule has 22 heavy (non-hydrogen) atoms. The number of fused-ring (bicyclic) bond motifs is 1. The zero-order chi connectivity index (χ0) is 14.9. The molecule has 0 bridgehead atoms. The maximum atomic E-state index is 4.79. The Morgan fingerprint density at radius 3 is 2.77 bits per heavy atom. The SMILES string of the molecule is Cc1ccccc1Cn1c(-c2cccs2)nc2cccnc21. The van der Waals surface area contributed by atoms with Crippen LogP contribution in [-0.2, 0) is 6.54 Å². The smallest absolute Gasteiger partial charge is 0.160 e. The average molecular weight is 305 g/mol. The van der Waals surface area contributed by atoms with Crippen molar-refractivity contribution in [3.05, 3.63) is 71.2 Å². The van der Waals surface area contributed by atoms with E-state index in [0.717, 1.165) is 23.5 Å². The lowest BCUT2D eigenvalue weighted by Crippen LogP contribution is -2.04. The lowest BCUT2D eigenvalue weighted by Gasteiger charge is -2.10. The molecule has 1 aromatic carbocycles. The van der Waals surface area contributed by atoms with Crippen molar-refractivity contribution >= 4 is 22.5 Å². The van der Waals surface area contributed by atoms with Crippen molar-refractivity contribution in [3.63, 3.8) is 0 Å². The number of aromatic nitrogens is 3. The van der Waals surface area contributed by atoms with Crippen molar-refractivity contribution in [1.82, 2.24) is 14.5 Å². The van der Waals surface area contributed by atoms with E-state index in [-0.39, 0.29) is 0 Å². The van der Waals surface area contributed by atoms with E-state index >= 15 is 0 Å². The summed E-state index contributed by atoms with van der Waals surface area (Å²) in [4.78, 5) is 10.5. The Bertz CT molecular complexity index is 923. The molecule has 4 aromatic rings. The van der Waals surface area contributed by atoms with Gasteiger partial charge in [0.1, 0.15) is 5.52 Å². The summed E-state index contributed by atoms with van der Waals surface area (Å²) in [6, 6.07) is 16.6.